The summed E-state index contributed by atoms with van der Waals surface area (Å²) in [7, 11) is 0. The lowest BCUT2D eigenvalue weighted by molar-refractivity contribution is -0.143. The number of amides is 3. The normalized spacial score (nSPS) is 14.5. The number of aliphatic hydroxyl groups excluding tert-OH is 1. The fourth-order valence-corrected chi connectivity index (χ4v) is 1.81. The minimum Gasteiger partial charge on any atom is -0.480 e. The average Bonchev–Trinajstić information content (AvgIpc) is 2.41. The molecule has 0 heterocycles. The van der Waals surface area contributed by atoms with E-state index in [1.165, 1.54) is 13.8 Å². The maximum absolute atomic E-state index is 12.1. The molecule has 132 valence electrons. The van der Waals surface area contributed by atoms with Crippen LogP contribution in [0.2, 0.25) is 0 Å². The van der Waals surface area contributed by atoms with Crippen molar-refractivity contribution in [3.05, 3.63) is 0 Å². The number of carboxylic acids is 1. The SMILES string of the molecule is CC(=O)N[C@H](CC(C)C)C(=O)N[C@H](C)C(=O)N[C@@H](CO)C(=O)O. The van der Waals surface area contributed by atoms with Gasteiger partial charge in [0.1, 0.15) is 18.1 Å². The van der Waals surface area contributed by atoms with Crippen LogP contribution in [-0.2, 0) is 19.2 Å². The summed E-state index contributed by atoms with van der Waals surface area (Å²) in [5, 5.41) is 24.7. The molecule has 0 fully saturated rings. The molecule has 0 saturated heterocycles. The smallest absolute Gasteiger partial charge is 0.328 e. The molecule has 0 radical (unpaired) electrons. The molecule has 0 aromatic heterocycles. The molecule has 0 aliphatic rings. The quantitative estimate of drug-likeness (QED) is 0.351. The third kappa shape index (κ3) is 8.15. The monoisotopic (exact) mass is 331 g/mol. The minimum atomic E-state index is -1.44. The zero-order valence-electron chi connectivity index (χ0n) is 13.8. The van der Waals surface area contributed by atoms with Gasteiger partial charge in [0.25, 0.3) is 0 Å². The molecule has 0 aliphatic heterocycles. The molecule has 0 rings (SSSR count). The Hall–Kier alpha value is -2.16. The second kappa shape index (κ2) is 9.78. The number of carbonyl (C=O) groups excluding carboxylic acids is 3. The van der Waals surface area contributed by atoms with Crippen LogP contribution in [0.5, 0.6) is 0 Å². The number of aliphatic hydroxyl groups is 1. The van der Waals surface area contributed by atoms with E-state index in [1.807, 2.05) is 13.8 Å². The Kier molecular flexibility index (Phi) is 8.86. The van der Waals surface area contributed by atoms with Crippen molar-refractivity contribution in [2.45, 2.75) is 52.2 Å². The van der Waals surface area contributed by atoms with Gasteiger partial charge in [0.15, 0.2) is 0 Å². The number of hydrogen-bond donors (Lipinski definition) is 5. The fourth-order valence-electron chi connectivity index (χ4n) is 1.81. The summed E-state index contributed by atoms with van der Waals surface area (Å²) in [4.78, 5) is 45.9. The second-order valence-electron chi connectivity index (χ2n) is 5.69. The van der Waals surface area contributed by atoms with Crippen molar-refractivity contribution in [2.24, 2.45) is 5.92 Å². The van der Waals surface area contributed by atoms with Crippen molar-refractivity contribution in [3.63, 3.8) is 0 Å². The van der Waals surface area contributed by atoms with E-state index in [9.17, 15) is 19.2 Å². The number of nitrogens with one attached hydrogen (secondary N) is 3. The number of carboxylic acid groups (broad SMARTS) is 1. The van der Waals surface area contributed by atoms with E-state index < -0.39 is 42.5 Å². The second-order valence-corrected chi connectivity index (χ2v) is 5.69. The lowest BCUT2D eigenvalue weighted by Gasteiger charge is -2.22. The minimum absolute atomic E-state index is 0.146. The Labute approximate surface area is 134 Å². The number of aliphatic carboxylic acids is 1. The highest BCUT2D eigenvalue weighted by atomic mass is 16.4. The van der Waals surface area contributed by atoms with Crippen LogP contribution in [0, 0.1) is 5.92 Å². The number of rotatable bonds is 9. The Balaban J connectivity index is 4.73. The summed E-state index contributed by atoms with van der Waals surface area (Å²) in [6, 6.07) is -3.24. The first-order chi connectivity index (χ1) is 10.6. The van der Waals surface area contributed by atoms with Gasteiger partial charge in [0.05, 0.1) is 6.61 Å². The van der Waals surface area contributed by atoms with Crippen LogP contribution in [0.15, 0.2) is 0 Å². The first-order valence-electron chi connectivity index (χ1n) is 7.30. The van der Waals surface area contributed by atoms with Crippen LogP contribution in [-0.4, -0.2) is 58.6 Å². The predicted octanol–water partition coefficient (Wildman–Crippen LogP) is -1.40. The fraction of sp³-hybridized carbons (Fsp3) is 0.714. The van der Waals surface area contributed by atoms with Gasteiger partial charge in [-0.1, -0.05) is 13.8 Å². The van der Waals surface area contributed by atoms with E-state index in [2.05, 4.69) is 16.0 Å². The van der Waals surface area contributed by atoms with Gasteiger partial charge >= 0.3 is 5.97 Å². The van der Waals surface area contributed by atoms with E-state index in [1.54, 1.807) is 0 Å². The highest BCUT2D eigenvalue weighted by molar-refractivity contribution is 5.92. The van der Waals surface area contributed by atoms with E-state index >= 15 is 0 Å². The zero-order valence-corrected chi connectivity index (χ0v) is 13.8. The van der Waals surface area contributed by atoms with Crippen LogP contribution in [0.25, 0.3) is 0 Å². The Bertz CT molecular complexity index is 452. The molecule has 0 spiro atoms. The summed E-state index contributed by atoms with van der Waals surface area (Å²) >= 11 is 0. The number of carbonyl (C=O) groups is 4. The molecule has 23 heavy (non-hydrogen) atoms. The molecule has 0 aromatic carbocycles. The van der Waals surface area contributed by atoms with Gasteiger partial charge < -0.3 is 26.2 Å². The molecule has 3 amide bonds. The summed E-state index contributed by atoms with van der Waals surface area (Å²) in [6.45, 7) is 5.68. The standard InChI is InChI=1S/C14H25N3O6/c1-7(2)5-10(16-9(4)19)13(21)15-8(3)12(20)17-11(6-18)14(22)23/h7-8,10-11,18H,5-6H2,1-4H3,(H,15,21)(H,16,19)(H,17,20)(H,22,23)/t8-,10-,11+/m1/s1. The molecule has 0 bridgehead atoms. The third-order valence-corrected chi connectivity index (χ3v) is 2.95. The first kappa shape index (κ1) is 20.8. The average molecular weight is 331 g/mol. The van der Waals surface area contributed by atoms with Crippen molar-refractivity contribution in [1.29, 1.82) is 0 Å². The van der Waals surface area contributed by atoms with E-state index in [0.29, 0.717) is 6.42 Å². The Morgan fingerprint density at radius 2 is 1.48 bits per heavy atom. The van der Waals surface area contributed by atoms with Gasteiger partial charge in [-0.15, -0.1) is 0 Å². The van der Waals surface area contributed by atoms with Crippen LogP contribution >= 0.6 is 0 Å². The maximum atomic E-state index is 12.1. The van der Waals surface area contributed by atoms with Crippen molar-refractivity contribution >= 4 is 23.7 Å². The molecular weight excluding hydrogens is 306 g/mol. The molecule has 0 aliphatic carbocycles. The molecule has 0 unspecified atom stereocenters. The molecular formula is C14H25N3O6. The highest BCUT2D eigenvalue weighted by Gasteiger charge is 2.26. The van der Waals surface area contributed by atoms with Gasteiger partial charge in [-0.25, -0.2) is 4.79 Å². The molecule has 0 aromatic rings. The maximum Gasteiger partial charge on any atom is 0.328 e. The lowest BCUT2D eigenvalue weighted by Crippen LogP contribution is -2.55. The van der Waals surface area contributed by atoms with Crippen LogP contribution < -0.4 is 16.0 Å². The van der Waals surface area contributed by atoms with Gasteiger partial charge in [-0.3, -0.25) is 14.4 Å². The van der Waals surface area contributed by atoms with Crippen molar-refractivity contribution in [2.75, 3.05) is 6.61 Å². The topological polar surface area (TPSA) is 145 Å². The van der Waals surface area contributed by atoms with Crippen LogP contribution in [0.1, 0.15) is 34.1 Å². The number of hydrogen-bond acceptors (Lipinski definition) is 5. The molecule has 0 saturated carbocycles. The van der Waals surface area contributed by atoms with Crippen molar-refractivity contribution < 1.29 is 29.4 Å². The summed E-state index contributed by atoms with van der Waals surface area (Å²) < 4.78 is 0. The van der Waals surface area contributed by atoms with Gasteiger partial charge in [-0.2, -0.15) is 0 Å². The van der Waals surface area contributed by atoms with Crippen molar-refractivity contribution in [1.82, 2.24) is 16.0 Å². The highest BCUT2D eigenvalue weighted by Crippen LogP contribution is 2.05. The van der Waals surface area contributed by atoms with Gasteiger partial charge in [0, 0.05) is 6.92 Å². The van der Waals surface area contributed by atoms with Crippen LogP contribution in [0.3, 0.4) is 0 Å². The lowest BCUT2D eigenvalue weighted by atomic mass is 10.0. The van der Waals surface area contributed by atoms with E-state index in [-0.39, 0.29) is 11.8 Å². The summed E-state index contributed by atoms with van der Waals surface area (Å²) in [6.07, 6.45) is 0.397. The molecule has 5 N–H and O–H groups in total. The van der Waals surface area contributed by atoms with Gasteiger partial charge in [-0.05, 0) is 19.3 Å². The van der Waals surface area contributed by atoms with Crippen LogP contribution in [0.4, 0.5) is 0 Å². The summed E-state index contributed by atoms with van der Waals surface area (Å²) in [5.74, 6) is -2.88. The van der Waals surface area contributed by atoms with Crippen molar-refractivity contribution in [3.8, 4) is 0 Å². The zero-order chi connectivity index (χ0) is 18.2. The predicted molar refractivity (Wildman–Crippen MR) is 81.3 cm³/mol. The Morgan fingerprint density at radius 3 is 1.87 bits per heavy atom. The summed E-state index contributed by atoms with van der Waals surface area (Å²) in [5.41, 5.74) is 0. The van der Waals surface area contributed by atoms with E-state index in [0.717, 1.165) is 0 Å². The largest absolute Gasteiger partial charge is 0.480 e. The molecule has 9 nitrogen and oxygen atoms in total. The van der Waals surface area contributed by atoms with E-state index in [4.69, 9.17) is 10.2 Å². The third-order valence-electron chi connectivity index (χ3n) is 2.95. The molecule has 3 atom stereocenters. The first-order valence-corrected chi connectivity index (χ1v) is 7.30. The molecule has 9 heteroatoms. The van der Waals surface area contributed by atoms with Gasteiger partial charge in [0.2, 0.25) is 17.7 Å². The Morgan fingerprint density at radius 1 is 0.913 bits per heavy atom.